The van der Waals surface area contributed by atoms with Gasteiger partial charge in [0, 0.05) is 49.2 Å². The summed E-state index contributed by atoms with van der Waals surface area (Å²) in [6.07, 6.45) is 5.06. The molecule has 3 N–H and O–H groups in total. The molecule has 1 amide bonds. The third kappa shape index (κ3) is 8.29. The molecule has 0 atom stereocenters. The van der Waals surface area contributed by atoms with Gasteiger partial charge in [-0.25, -0.2) is 4.98 Å². The van der Waals surface area contributed by atoms with Crippen LogP contribution >= 0.6 is 35.3 Å². The number of nitrogens with zero attached hydrogens (tertiary/aromatic N) is 2. The Morgan fingerprint density at radius 3 is 2.70 bits per heavy atom. The van der Waals surface area contributed by atoms with Crippen LogP contribution in [0.3, 0.4) is 0 Å². The molecule has 0 radical (unpaired) electrons. The molecule has 0 saturated heterocycles. The molecule has 27 heavy (non-hydrogen) atoms. The molecule has 0 aliphatic rings. The molecule has 0 aliphatic heterocycles. The van der Waals surface area contributed by atoms with E-state index < -0.39 is 0 Å². The van der Waals surface area contributed by atoms with Gasteiger partial charge in [-0.1, -0.05) is 0 Å². The van der Waals surface area contributed by atoms with Gasteiger partial charge in [0.2, 0.25) is 0 Å². The summed E-state index contributed by atoms with van der Waals surface area (Å²) in [5.41, 5.74) is 0.842. The smallest absolute Gasteiger partial charge is 0.287 e. The number of rotatable bonds is 9. The number of hydrogen-bond donors (Lipinski definition) is 3. The number of nitrogens with one attached hydrogen (secondary N) is 3. The van der Waals surface area contributed by atoms with E-state index in [1.165, 1.54) is 11.1 Å². The van der Waals surface area contributed by atoms with E-state index in [1.54, 1.807) is 17.4 Å². The molecule has 2 aromatic heterocycles. The molecule has 9 heteroatoms. The summed E-state index contributed by atoms with van der Waals surface area (Å²) in [5.74, 6) is 0.982. The molecule has 2 heterocycles. The molecule has 150 valence electrons. The second-order valence-electron chi connectivity index (χ2n) is 5.84. The monoisotopic (exact) mass is 505 g/mol. The lowest BCUT2D eigenvalue weighted by Gasteiger charge is -2.10. The minimum Gasteiger partial charge on any atom is -0.459 e. The zero-order valence-corrected chi connectivity index (χ0v) is 19.1. The Balaban J connectivity index is 0.00000364. The number of hydrogen-bond acceptors (Lipinski definition) is 5. The molecule has 0 aromatic carbocycles. The minimum absolute atomic E-state index is 0. The van der Waals surface area contributed by atoms with Gasteiger partial charge < -0.3 is 20.4 Å². The van der Waals surface area contributed by atoms with E-state index in [1.807, 2.05) is 20.0 Å². The van der Waals surface area contributed by atoms with Crippen molar-refractivity contribution in [2.75, 3.05) is 26.2 Å². The number of carbonyl (C=O) groups excluding carboxylic acids is 1. The number of aryl methyl sites for hydroxylation is 2. The highest BCUT2D eigenvalue weighted by Gasteiger charge is 2.11. The summed E-state index contributed by atoms with van der Waals surface area (Å²) < 4.78 is 5.17. The third-order valence-electron chi connectivity index (χ3n) is 3.60. The zero-order chi connectivity index (χ0) is 18.8. The van der Waals surface area contributed by atoms with Crippen LogP contribution in [0.2, 0.25) is 0 Å². The van der Waals surface area contributed by atoms with Crippen LogP contribution in [0.15, 0.2) is 27.9 Å². The minimum atomic E-state index is -0.180. The van der Waals surface area contributed by atoms with Gasteiger partial charge in [0.25, 0.3) is 5.91 Å². The number of furan rings is 1. The van der Waals surface area contributed by atoms with Gasteiger partial charge >= 0.3 is 0 Å². The maximum Gasteiger partial charge on any atom is 0.287 e. The number of amides is 1. The number of thiazole rings is 1. The molecular weight excluding hydrogens is 477 g/mol. The Hall–Kier alpha value is -1.62. The average Bonchev–Trinajstić information content (AvgIpc) is 3.22. The molecule has 2 rings (SSSR count). The highest BCUT2D eigenvalue weighted by molar-refractivity contribution is 14.0. The summed E-state index contributed by atoms with van der Waals surface area (Å²) in [6.45, 7) is 8.72. The Morgan fingerprint density at radius 1 is 1.26 bits per heavy atom. The van der Waals surface area contributed by atoms with Crippen LogP contribution in [0.25, 0.3) is 0 Å². The van der Waals surface area contributed by atoms with Gasteiger partial charge in [-0.2, -0.15) is 0 Å². The predicted molar refractivity (Wildman–Crippen MR) is 120 cm³/mol. The fourth-order valence-electron chi connectivity index (χ4n) is 2.30. The van der Waals surface area contributed by atoms with Crippen LogP contribution in [0.4, 0.5) is 0 Å². The molecular formula is C18H28IN5O2S. The highest BCUT2D eigenvalue weighted by atomic mass is 127. The van der Waals surface area contributed by atoms with Crippen molar-refractivity contribution >= 4 is 47.2 Å². The van der Waals surface area contributed by atoms with Crippen molar-refractivity contribution in [1.82, 2.24) is 20.9 Å². The van der Waals surface area contributed by atoms with Gasteiger partial charge in [-0.15, -0.1) is 35.3 Å². The summed E-state index contributed by atoms with van der Waals surface area (Å²) in [4.78, 5) is 22.1. The van der Waals surface area contributed by atoms with Crippen LogP contribution in [-0.4, -0.2) is 43.0 Å². The first-order chi connectivity index (χ1) is 12.6. The predicted octanol–water partition coefficient (Wildman–Crippen LogP) is 2.89. The maximum atomic E-state index is 11.9. The molecule has 0 bridgehead atoms. The SMILES string of the molecule is CCNC(=NCCCNC(=O)c1occc1C)NCCc1ncc(C)s1.I. The largest absolute Gasteiger partial charge is 0.459 e. The summed E-state index contributed by atoms with van der Waals surface area (Å²) >= 11 is 1.72. The molecule has 0 saturated carbocycles. The molecule has 2 aromatic rings. The Labute approximate surface area is 181 Å². The van der Waals surface area contributed by atoms with Crippen molar-refractivity contribution < 1.29 is 9.21 Å². The van der Waals surface area contributed by atoms with Crippen molar-refractivity contribution in [2.24, 2.45) is 4.99 Å². The van der Waals surface area contributed by atoms with Crippen LogP contribution in [0.1, 0.15) is 39.3 Å². The zero-order valence-electron chi connectivity index (χ0n) is 16.0. The Bertz CT molecular complexity index is 729. The van der Waals surface area contributed by atoms with Crippen molar-refractivity contribution in [1.29, 1.82) is 0 Å². The third-order valence-corrected chi connectivity index (χ3v) is 4.58. The normalized spacial score (nSPS) is 11.0. The summed E-state index contributed by atoms with van der Waals surface area (Å²) in [7, 11) is 0. The van der Waals surface area contributed by atoms with E-state index in [0.29, 0.717) is 18.8 Å². The molecule has 0 unspecified atom stereocenters. The number of aromatic nitrogens is 1. The lowest BCUT2D eigenvalue weighted by Crippen LogP contribution is -2.38. The van der Waals surface area contributed by atoms with Gasteiger partial charge in [0.1, 0.15) is 0 Å². The first kappa shape index (κ1) is 23.4. The van der Waals surface area contributed by atoms with Crippen LogP contribution < -0.4 is 16.0 Å². The molecule has 0 spiro atoms. The van der Waals surface area contributed by atoms with E-state index in [-0.39, 0.29) is 29.9 Å². The van der Waals surface area contributed by atoms with E-state index in [0.717, 1.165) is 42.5 Å². The van der Waals surface area contributed by atoms with E-state index in [4.69, 9.17) is 4.42 Å². The number of aliphatic imine (C=N–C) groups is 1. The first-order valence-corrected chi connectivity index (χ1v) is 9.67. The van der Waals surface area contributed by atoms with Crippen LogP contribution in [-0.2, 0) is 6.42 Å². The van der Waals surface area contributed by atoms with Gasteiger partial charge in [-0.05, 0) is 33.3 Å². The lowest BCUT2D eigenvalue weighted by molar-refractivity contribution is 0.0925. The van der Waals surface area contributed by atoms with Crippen molar-refractivity contribution in [2.45, 2.75) is 33.6 Å². The fourth-order valence-corrected chi connectivity index (χ4v) is 3.09. The fraction of sp³-hybridized carbons (Fsp3) is 0.500. The standard InChI is InChI=1S/C18H27N5O2S.HI/c1-4-19-18(22-10-6-15-23-12-14(3)26-15)21-9-5-8-20-17(24)16-13(2)7-11-25-16;/h7,11-12H,4-6,8-10H2,1-3H3,(H,20,24)(H2,19,21,22);1H. The Kier molecular flexibility index (Phi) is 11.0. The van der Waals surface area contributed by atoms with E-state index >= 15 is 0 Å². The first-order valence-electron chi connectivity index (χ1n) is 8.86. The number of guanidine groups is 1. The van der Waals surface area contributed by atoms with Gasteiger partial charge in [-0.3, -0.25) is 9.79 Å². The number of halogens is 1. The molecule has 0 fully saturated rings. The quantitative estimate of drug-likeness (QED) is 0.211. The average molecular weight is 505 g/mol. The number of carbonyl (C=O) groups is 1. The van der Waals surface area contributed by atoms with Gasteiger partial charge in [0.05, 0.1) is 11.3 Å². The molecule has 7 nitrogen and oxygen atoms in total. The topological polar surface area (TPSA) is 91.5 Å². The second-order valence-corrected chi connectivity index (χ2v) is 7.16. The van der Waals surface area contributed by atoms with Crippen LogP contribution in [0, 0.1) is 13.8 Å². The molecule has 0 aliphatic carbocycles. The lowest BCUT2D eigenvalue weighted by atomic mass is 10.2. The van der Waals surface area contributed by atoms with E-state index in [2.05, 4.69) is 32.9 Å². The van der Waals surface area contributed by atoms with Crippen LogP contribution in [0.5, 0.6) is 0 Å². The highest BCUT2D eigenvalue weighted by Crippen LogP contribution is 2.11. The Morgan fingerprint density at radius 2 is 2.07 bits per heavy atom. The van der Waals surface area contributed by atoms with Crippen molar-refractivity contribution in [3.8, 4) is 0 Å². The van der Waals surface area contributed by atoms with Crippen molar-refractivity contribution in [3.05, 3.63) is 39.7 Å². The maximum absolute atomic E-state index is 11.9. The van der Waals surface area contributed by atoms with Gasteiger partial charge in [0.15, 0.2) is 11.7 Å². The second kappa shape index (κ2) is 12.7. The summed E-state index contributed by atoms with van der Waals surface area (Å²) in [6, 6.07) is 1.78. The van der Waals surface area contributed by atoms with E-state index in [9.17, 15) is 4.79 Å². The summed E-state index contributed by atoms with van der Waals surface area (Å²) in [5, 5.41) is 10.5. The van der Waals surface area contributed by atoms with Crippen molar-refractivity contribution in [3.63, 3.8) is 0 Å².